The maximum Gasteiger partial charge on any atom is 0.494 e. The first-order valence-electron chi connectivity index (χ1n) is 11.8. The number of carbonyl (C=O) groups is 1. The van der Waals surface area contributed by atoms with Crippen LogP contribution < -0.4 is 5.46 Å². The number of benzene rings is 3. The zero-order valence-electron chi connectivity index (χ0n) is 20.7. The lowest BCUT2D eigenvalue weighted by molar-refractivity contribution is 0.00578. The summed E-state index contributed by atoms with van der Waals surface area (Å²) < 4.78 is 19.4. The molecule has 0 atom stereocenters. The Kier molecular flexibility index (Phi) is 5.78. The molecule has 0 aliphatic carbocycles. The Morgan fingerprint density at radius 2 is 1.57 bits per heavy atom. The number of hydrogen-bond acceptors (Lipinski definition) is 5. The Balaban J connectivity index is 1.49. The van der Waals surface area contributed by atoms with Gasteiger partial charge in [-0.1, -0.05) is 60.7 Å². The molecule has 3 aromatic carbocycles. The highest BCUT2D eigenvalue weighted by Gasteiger charge is 2.52. The second-order valence-corrected chi connectivity index (χ2v) is 9.95. The molecule has 0 radical (unpaired) electrons. The number of rotatable bonds is 5. The highest BCUT2D eigenvalue weighted by atomic mass is 16.7. The van der Waals surface area contributed by atoms with Gasteiger partial charge in [0.2, 0.25) is 0 Å². The van der Waals surface area contributed by atoms with Gasteiger partial charge in [0, 0.05) is 5.39 Å². The Morgan fingerprint density at radius 1 is 0.943 bits per heavy atom. The van der Waals surface area contributed by atoms with Crippen LogP contribution in [0, 0.1) is 0 Å². The molecule has 1 aliphatic heterocycles. The van der Waals surface area contributed by atoms with E-state index in [-0.39, 0.29) is 0 Å². The zero-order valence-corrected chi connectivity index (χ0v) is 20.7. The quantitative estimate of drug-likeness (QED) is 0.310. The molecule has 178 valence electrons. The molecule has 0 bridgehead atoms. The van der Waals surface area contributed by atoms with E-state index in [9.17, 15) is 4.79 Å². The fourth-order valence-electron chi connectivity index (χ4n) is 4.36. The summed E-state index contributed by atoms with van der Waals surface area (Å²) in [6, 6.07) is 22.4. The van der Waals surface area contributed by atoms with Gasteiger partial charge < -0.3 is 14.0 Å². The van der Waals surface area contributed by atoms with Gasteiger partial charge in [-0.05, 0) is 55.9 Å². The number of ether oxygens (including phenoxy) is 1. The summed E-state index contributed by atoms with van der Waals surface area (Å²) in [4.78, 5) is 12.8. The number of methoxy groups -OCH3 is 1. The lowest BCUT2D eigenvalue weighted by Crippen LogP contribution is -2.41. The van der Waals surface area contributed by atoms with Gasteiger partial charge in [-0.15, -0.1) is 0 Å². The van der Waals surface area contributed by atoms with Crippen LogP contribution in [0.15, 0.2) is 72.9 Å². The lowest BCUT2D eigenvalue weighted by Gasteiger charge is -2.32. The molecule has 1 aliphatic rings. The van der Waals surface area contributed by atoms with Crippen LogP contribution in [0.3, 0.4) is 0 Å². The Bertz CT molecular complexity index is 1360. The Morgan fingerprint density at radius 3 is 2.20 bits per heavy atom. The average molecular weight is 468 g/mol. The summed E-state index contributed by atoms with van der Waals surface area (Å²) in [7, 11) is 0.806. The Hall–Kier alpha value is -3.42. The molecule has 0 unspecified atom stereocenters. The van der Waals surface area contributed by atoms with Gasteiger partial charge in [0.05, 0.1) is 42.1 Å². The highest BCUT2D eigenvalue weighted by molar-refractivity contribution is 6.62. The number of carbonyl (C=O) groups excluding carboxylic acids is 1. The molecule has 35 heavy (non-hydrogen) atoms. The number of nitrogens with zero attached hydrogens (tertiary/aromatic N) is 2. The van der Waals surface area contributed by atoms with E-state index in [1.807, 2.05) is 56.6 Å². The van der Waals surface area contributed by atoms with Gasteiger partial charge in [0.15, 0.2) is 0 Å². The van der Waals surface area contributed by atoms with Crippen molar-refractivity contribution in [2.24, 2.45) is 0 Å². The van der Waals surface area contributed by atoms with Crippen molar-refractivity contribution in [2.45, 2.75) is 45.4 Å². The maximum atomic E-state index is 12.8. The zero-order chi connectivity index (χ0) is 24.8. The summed E-state index contributed by atoms with van der Waals surface area (Å²) in [5.41, 5.74) is 4.39. The van der Waals surface area contributed by atoms with Gasteiger partial charge >= 0.3 is 13.1 Å². The first-order chi connectivity index (χ1) is 16.7. The highest BCUT2D eigenvalue weighted by Crippen LogP contribution is 2.37. The fraction of sp³-hybridized carbons (Fsp3) is 0.286. The molecule has 1 fully saturated rings. The van der Waals surface area contributed by atoms with Crippen molar-refractivity contribution in [3.63, 3.8) is 0 Å². The van der Waals surface area contributed by atoms with E-state index in [2.05, 4.69) is 41.5 Å². The van der Waals surface area contributed by atoms with Crippen molar-refractivity contribution >= 4 is 29.5 Å². The van der Waals surface area contributed by atoms with Crippen LogP contribution >= 0.6 is 0 Å². The molecule has 0 amide bonds. The van der Waals surface area contributed by atoms with E-state index in [0.29, 0.717) is 12.1 Å². The third kappa shape index (κ3) is 4.26. The van der Waals surface area contributed by atoms with E-state index >= 15 is 0 Å². The summed E-state index contributed by atoms with van der Waals surface area (Å²) in [6.07, 6.45) is 1.77. The minimum Gasteiger partial charge on any atom is -0.465 e. The third-order valence-corrected chi connectivity index (χ3v) is 7.08. The lowest BCUT2D eigenvalue weighted by atomic mass is 9.77. The minimum atomic E-state index is -0.582. The molecule has 0 saturated carbocycles. The van der Waals surface area contributed by atoms with Crippen molar-refractivity contribution in [3.05, 3.63) is 84.1 Å². The molecular weight excluding hydrogens is 439 g/mol. The van der Waals surface area contributed by atoms with Gasteiger partial charge in [0.25, 0.3) is 0 Å². The van der Waals surface area contributed by atoms with E-state index < -0.39 is 24.3 Å². The third-order valence-electron chi connectivity index (χ3n) is 7.08. The van der Waals surface area contributed by atoms with E-state index in [1.54, 1.807) is 12.3 Å². The molecule has 0 spiro atoms. The van der Waals surface area contributed by atoms with Gasteiger partial charge in [0.1, 0.15) is 0 Å². The molecular formula is C28H29BN2O4. The predicted molar refractivity (Wildman–Crippen MR) is 138 cm³/mol. The van der Waals surface area contributed by atoms with Crippen LogP contribution in [0.1, 0.15) is 43.6 Å². The van der Waals surface area contributed by atoms with Gasteiger partial charge in [-0.25, -0.2) is 4.79 Å². The van der Waals surface area contributed by atoms with Crippen LogP contribution in [0.5, 0.6) is 0 Å². The average Bonchev–Trinajstić information content (AvgIpc) is 3.35. The molecule has 5 rings (SSSR count). The number of esters is 1. The second kappa shape index (κ2) is 8.66. The van der Waals surface area contributed by atoms with Crippen LogP contribution in [0.2, 0.25) is 0 Å². The van der Waals surface area contributed by atoms with E-state index in [0.717, 1.165) is 27.5 Å². The molecule has 6 nitrogen and oxygen atoms in total. The van der Waals surface area contributed by atoms with Gasteiger partial charge in [-0.2, -0.15) is 5.10 Å². The summed E-state index contributed by atoms with van der Waals surface area (Å²) in [5, 5.41) is 5.43. The number of hydrogen-bond donors (Lipinski definition) is 0. The van der Waals surface area contributed by atoms with Crippen LogP contribution in [-0.2, 0) is 20.6 Å². The topological polar surface area (TPSA) is 62.6 Å². The second-order valence-electron chi connectivity index (χ2n) is 9.95. The Labute approximate surface area is 206 Å². The predicted octanol–water partition coefficient (Wildman–Crippen LogP) is 4.84. The molecule has 0 N–H and O–H groups in total. The van der Waals surface area contributed by atoms with Crippen molar-refractivity contribution in [1.29, 1.82) is 0 Å². The normalized spacial score (nSPS) is 16.5. The summed E-state index contributed by atoms with van der Waals surface area (Å²) in [5.74, 6) is -0.422. The fourth-order valence-corrected chi connectivity index (χ4v) is 4.36. The summed E-state index contributed by atoms with van der Waals surface area (Å²) >= 11 is 0. The van der Waals surface area contributed by atoms with Crippen molar-refractivity contribution < 1.29 is 18.8 Å². The van der Waals surface area contributed by atoms with Crippen molar-refractivity contribution in [2.75, 3.05) is 7.11 Å². The van der Waals surface area contributed by atoms with E-state index in [4.69, 9.17) is 14.0 Å². The largest absolute Gasteiger partial charge is 0.494 e. The van der Waals surface area contributed by atoms with Crippen molar-refractivity contribution in [1.82, 2.24) is 9.78 Å². The maximum absolute atomic E-state index is 12.8. The molecule has 4 aromatic rings. The van der Waals surface area contributed by atoms with Crippen molar-refractivity contribution in [3.8, 4) is 11.1 Å². The molecule has 1 aromatic heterocycles. The standard InChI is InChI=1S/C28H29BN2O4/c1-27(2)28(3,4)35-29(34-27)23-15-22-17-30-31(25(22)24(16-23)26(32)33-5)18-19-11-13-21(14-12-19)20-9-7-6-8-10-20/h6-17H,18H2,1-5H3. The number of fused-ring (bicyclic) bond motifs is 1. The monoisotopic (exact) mass is 468 g/mol. The van der Waals surface area contributed by atoms with Crippen LogP contribution in [0.25, 0.3) is 22.0 Å². The number of aromatic nitrogens is 2. The smallest absolute Gasteiger partial charge is 0.465 e. The van der Waals surface area contributed by atoms with Crippen LogP contribution in [0.4, 0.5) is 0 Å². The minimum absolute atomic E-state index is 0.422. The summed E-state index contributed by atoms with van der Waals surface area (Å²) in [6.45, 7) is 8.56. The van der Waals surface area contributed by atoms with Crippen LogP contribution in [-0.4, -0.2) is 41.2 Å². The SMILES string of the molecule is COC(=O)c1cc(B2OC(C)(C)C(C)(C)O2)cc2cnn(Cc3ccc(-c4ccccc4)cc3)c12. The first-order valence-corrected chi connectivity index (χ1v) is 11.8. The molecule has 2 heterocycles. The van der Waals surface area contributed by atoms with Gasteiger partial charge in [-0.3, -0.25) is 4.68 Å². The first kappa shape index (κ1) is 23.3. The molecule has 7 heteroatoms. The van der Waals surface area contributed by atoms with E-state index in [1.165, 1.54) is 12.7 Å². The molecule has 1 saturated heterocycles.